The van der Waals surface area contributed by atoms with Crippen LogP contribution in [0.25, 0.3) is 32.8 Å². The summed E-state index contributed by atoms with van der Waals surface area (Å²) in [6, 6.07) is 8.56. The number of ether oxygens (including phenoxy) is 2. The lowest BCUT2D eigenvalue weighted by Crippen LogP contribution is -2.31. The van der Waals surface area contributed by atoms with Gasteiger partial charge in [-0.2, -0.15) is 9.97 Å². The topological polar surface area (TPSA) is 107 Å². The number of nitrogens with zero attached hydrogens (tertiary/aromatic N) is 4. The number of hydrogen-bond donors (Lipinski definition) is 2. The van der Waals surface area contributed by atoms with E-state index in [2.05, 4.69) is 20.9 Å². The normalized spacial score (nSPS) is 13.5. The molecule has 2 aromatic heterocycles. The van der Waals surface area contributed by atoms with Crippen molar-refractivity contribution in [2.45, 2.75) is 19.9 Å². The molecule has 0 fully saturated rings. The molecule has 5 aromatic rings. The Morgan fingerprint density at radius 3 is 2.79 bits per heavy atom. The van der Waals surface area contributed by atoms with E-state index in [1.165, 1.54) is 24.3 Å². The third-order valence-electron chi connectivity index (χ3n) is 7.32. The van der Waals surface area contributed by atoms with Crippen LogP contribution in [0.3, 0.4) is 0 Å². The highest BCUT2D eigenvalue weighted by molar-refractivity contribution is 6.37. The smallest absolute Gasteiger partial charge is 0.319 e. The molecule has 0 bridgehead atoms. The van der Waals surface area contributed by atoms with Gasteiger partial charge in [0, 0.05) is 22.7 Å². The van der Waals surface area contributed by atoms with Gasteiger partial charge in [0.05, 0.1) is 35.2 Å². The Bertz CT molecular complexity index is 1950. The predicted octanol–water partition coefficient (Wildman–Crippen LogP) is 6.40. The molecule has 3 aromatic carbocycles. The average Bonchev–Trinajstić information content (AvgIpc) is 3.16. The second-order valence-corrected chi connectivity index (χ2v) is 10.1. The van der Waals surface area contributed by atoms with Crippen molar-refractivity contribution < 1.29 is 23.4 Å². The number of hydrogen-bond acceptors (Lipinski definition) is 8. The molecule has 11 heteroatoms. The lowest BCUT2D eigenvalue weighted by molar-refractivity contribution is 0.313. The molecule has 3 heterocycles. The van der Waals surface area contributed by atoms with Crippen LogP contribution in [0.5, 0.6) is 17.5 Å². The van der Waals surface area contributed by atoms with Crippen molar-refractivity contribution in [1.29, 1.82) is 0 Å². The molecule has 0 saturated heterocycles. The average molecular weight is 588 g/mol. The van der Waals surface area contributed by atoms with Crippen molar-refractivity contribution in [3.05, 3.63) is 70.4 Å². The third-order valence-corrected chi connectivity index (χ3v) is 7.68. The Balaban J connectivity index is 1.70. The molecule has 1 aliphatic rings. The molecule has 0 unspecified atom stereocenters. The Hall–Kier alpha value is -4.88. The fraction of sp³-hybridized carbons (Fsp3) is 0.194. The van der Waals surface area contributed by atoms with Crippen LogP contribution < -0.4 is 20.1 Å². The summed E-state index contributed by atoms with van der Waals surface area (Å²) in [5, 5.41) is 11.3. The van der Waals surface area contributed by atoms with Crippen molar-refractivity contribution in [3.63, 3.8) is 0 Å². The number of aromatic nitrogens is 3. The maximum atomic E-state index is 16.8. The zero-order chi connectivity index (χ0) is 29.7. The molecule has 1 atom stereocenters. The van der Waals surface area contributed by atoms with E-state index in [1.54, 1.807) is 19.2 Å². The number of aromatic hydroxyl groups is 1. The van der Waals surface area contributed by atoms with Crippen molar-refractivity contribution in [2.75, 3.05) is 30.4 Å². The summed E-state index contributed by atoms with van der Waals surface area (Å²) in [5.74, 6) is 1.44. The number of nitrogen functional groups attached to an aromatic ring is 1. The summed E-state index contributed by atoms with van der Waals surface area (Å²) < 4.78 is 43.5. The van der Waals surface area contributed by atoms with Crippen molar-refractivity contribution in [1.82, 2.24) is 15.0 Å². The number of fused-ring (bicyclic) bond motifs is 1. The highest BCUT2D eigenvalue weighted by Gasteiger charge is 2.33. The van der Waals surface area contributed by atoms with Crippen LogP contribution >= 0.6 is 11.6 Å². The summed E-state index contributed by atoms with van der Waals surface area (Å²) in [5.41, 5.74) is 6.62. The highest BCUT2D eigenvalue weighted by Crippen LogP contribution is 2.50. The molecular weight excluding hydrogens is 564 g/mol. The quantitative estimate of drug-likeness (QED) is 0.227. The maximum absolute atomic E-state index is 16.8. The number of pyridine rings is 1. The SMILES string of the molecule is C#Cc1c(F)ccc2cc(O)cc(-c3c(Cl)c4c5c(nc(OCC)nc5c3F)N([C@H](C)c3cccnc3N)CCO4)c12. The second-order valence-electron chi connectivity index (χ2n) is 9.67. The Morgan fingerprint density at radius 1 is 1.24 bits per heavy atom. The van der Waals surface area contributed by atoms with Crippen LogP contribution in [0.2, 0.25) is 5.02 Å². The van der Waals surface area contributed by atoms with Gasteiger partial charge in [0.15, 0.2) is 11.6 Å². The van der Waals surface area contributed by atoms with E-state index in [9.17, 15) is 9.50 Å². The molecule has 0 spiro atoms. The van der Waals surface area contributed by atoms with Gasteiger partial charge >= 0.3 is 6.01 Å². The number of anilines is 2. The number of rotatable bonds is 5. The fourth-order valence-corrected chi connectivity index (χ4v) is 5.79. The fourth-order valence-electron chi connectivity index (χ4n) is 5.45. The number of halogens is 3. The van der Waals surface area contributed by atoms with Crippen molar-refractivity contribution in [3.8, 4) is 41.0 Å². The Kier molecular flexibility index (Phi) is 6.83. The minimum atomic E-state index is -0.846. The molecule has 6 rings (SSSR count). The van der Waals surface area contributed by atoms with E-state index in [1.807, 2.05) is 17.9 Å². The third kappa shape index (κ3) is 4.25. The molecule has 0 aliphatic carbocycles. The monoisotopic (exact) mass is 587 g/mol. The van der Waals surface area contributed by atoms with Crippen LogP contribution in [0.4, 0.5) is 20.4 Å². The van der Waals surface area contributed by atoms with Gasteiger partial charge in [-0.05, 0) is 49.1 Å². The number of terminal acetylenes is 1. The molecule has 8 nitrogen and oxygen atoms in total. The first kappa shape index (κ1) is 27.3. The lowest BCUT2D eigenvalue weighted by atomic mass is 9.92. The Morgan fingerprint density at radius 2 is 2.05 bits per heavy atom. The van der Waals surface area contributed by atoms with E-state index in [0.717, 1.165) is 5.56 Å². The van der Waals surface area contributed by atoms with E-state index < -0.39 is 11.6 Å². The Labute approximate surface area is 244 Å². The highest BCUT2D eigenvalue weighted by atomic mass is 35.5. The van der Waals surface area contributed by atoms with E-state index in [0.29, 0.717) is 23.6 Å². The van der Waals surface area contributed by atoms with Gasteiger partial charge in [0.25, 0.3) is 0 Å². The van der Waals surface area contributed by atoms with Gasteiger partial charge in [-0.1, -0.05) is 29.7 Å². The van der Waals surface area contributed by atoms with Crippen LogP contribution in [0.1, 0.15) is 31.0 Å². The number of phenolic OH excluding ortho intramolecular Hbond substituents is 1. The minimum absolute atomic E-state index is 0.0625. The lowest BCUT2D eigenvalue weighted by Gasteiger charge is -2.30. The molecule has 0 radical (unpaired) electrons. The second kappa shape index (κ2) is 10.5. The summed E-state index contributed by atoms with van der Waals surface area (Å²) in [7, 11) is 0. The summed E-state index contributed by atoms with van der Waals surface area (Å²) in [6.07, 6.45) is 7.27. The van der Waals surface area contributed by atoms with E-state index in [-0.39, 0.29) is 74.8 Å². The molecule has 3 N–H and O–H groups in total. The van der Waals surface area contributed by atoms with Crippen LogP contribution in [-0.2, 0) is 0 Å². The van der Waals surface area contributed by atoms with E-state index in [4.69, 9.17) is 33.2 Å². The van der Waals surface area contributed by atoms with Gasteiger partial charge in [0.2, 0.25) is 0 Å². The summed E-state index contributed by atoms with van der Waals surface area (Å²) >= 11 is 6.94. The van der Waals surface area contributed by atoms with Crippen molar-refractivity contribution in [2.24, 2.45) is 0 Å². The predicted molar refractivity (Wildman–Crippen MR) is 158 cm³/mol. The first-order valence-corrected chi connectivity index (χ1v) is 13.5. The van der Waals surface area contributed by atoms with Gasteiger partial charge in [-0.25, -0.2) is 13.8 Å². The number of phenols is 1. The molecule has 212 valence electrons. The molecule has 0 amide bonds. The van der Waals surface area contributed by atoms with Gasteiger partial charge in [-0.15, -0.1) is 6.42 Å². The molecular formula is C31H24ClF2N5O3. The van der Waals surface area contributed by atoms with Crippen molar-refractivity contribution >= 4 is 44.9 Å². The summed E-state index contributed by atoms with van der Waals surface area (Å²) in [6.45, 7) is 4.39. The molecule has 42 heavy (non-hydrogen) atoms. The first-order valence-electron chi connectivity index (χ1n) is 13.1. The molecule has 0 saturated carbocycles. The van der Waals surface area contributed by atoms with Crippen LogP contribution in [0, 0.1) is 24.0 Å². The van der Waals surface area contributed by atoms with Crippen LogP contribution in [-0.4, -0.2) is 39.8 Å². The standard InChI is InChI=1S/C31H24ClF2N5O3/c1-4-18-21(33)9-8-16-13-17(40)14-20(22(16)18)23-25(32)28-24-27(26(23)34)37-31(41-5-2)38-30(24)39(11-12-42-28)15(3)19-7-6-10-36-29(19)35/h1,6-10,13-15,40H,5,11-12H2,2-3H3,(H2,35,36)/t15-/m1/s1. The first-order chi connectivity index (χ1) is 20.2. The van der Waals surface area contributed by atoms with Gasteiger partial charge in [-0.3, -0.25) is 0 Å². The van der Waals surface area contributed by atoms with Crippen LogP contribution in [0.15, 0.2) is 42.6 Å². The largest absolute Gasteiger partial charge is 0.508 e. The maximum Gasteiger partial charge on any atom is 0.319 e. The minimum Gasteiger partial charge on any atom is -0.508 e. The van der Waals surface area contributed by atoms with E-state index >= 15 is 4.39 Å². The molecule has 1 aliphatic heterocycles. The van der Waals surface area contributed by atoms with Gasteiger partial charge in [0.1, 0.15) is 35.3 Å². The van der Waals surface area contributed by atoms with Gasteiger partial charge < -0.3 is 25.2 Å². The zero-order valence-electron chi connectivity index (χ0n) is 22.6. The number of benzene rings is 3. The number of nitrogens with two attached hydrogens (primary N) is 1. The zero-order valence-corrected chi connectivity index (χ0v) is 23.3. The summed E-state index contributed by atoms with van der Waals surface area (Å²) in [4.78, 5) is 15.1.